The molecule has 5 nitrogen and oxygen atoms in total. The number of Topliss-reactive ketones (excluding diaryl/α,β-unsaturated/α-hetero) is 1. The number of nitrogens with one attached hydrogen (secondary N) is 1. The Morgan fingerprint density at radius 1 is 1.18 bits per heavy atom. The van der Waals surface area contributed by atoms with E-state index in [1.807, 2.05) is 0 Å². The van der Waals surface area contributed by atoms with Crippen LogP contribution in [0.15, 0.2) is 0 Å². The second-order valence-corrected chi connectivity index (χ2v) is 4.41. The first-order valence-corrected chi connectivity index (χ1v) is 5.95. The van der Waals surface area contributed by atoms with Crippen LogP contribution in [0.3, 0.4) is 0 Å². The van der Waals surface area contributed by atoms with Gasteiger partial charge in [-0.1, -0.05) is 19.3 Å². The van der Waals surface area contributed by atoms with E-state index in [4.69, 9.17) is 0 Å². The molecule has 1 saturated carbocycles. The Kier molecular flexibility index (Phi) is 5.12. The summed E-state index contributed by atoms with van der Waals surface area (Å²) in [7, 11) is 1.17. The van der Waals surface area contributed by atoms with Crippen LogP contribution in [0.4, 0.5) is 0 Å². The molecule has 1 aliphatic carbocycles. The van der Waals surface area contributed by atoms with Gasteiger partial charge in [-0.25, -0.2) is 0 Å². The number of carbonyl (C=O) groups excluding carboxylic acids is 3. The molecular formula is C12H19NO4. The average molecular weight is 241 g/mol. The lowest BCUT2D eigenvalue weighted by Gasteiger charge is -2.24. The molecule has 0 aromatic heterocycles. The molecule has 0 bridgehead atoms. The number of carbonyl (C=O) groups is 3. The number of methoxy groups -OCH3 is 1. The summed E-state index contributed by atoms with van der Waals surface area (Å²) in [6.45, 7) is 1.22. The molecule has 1 atom stereocenters. The van der Waals surface area contributed by atoms with E-state index >= 15 is 0 Å². The molecule has 0 saturated heterocycles. The van der Waals surface area contributed by atoms with Crippen LogP contribution in [0.5, 0.6) is 0 Å². The highest BCUT2D eigenvalue weighted by Crippen LogP contribution is 2.18. The van der Waals surface area contributed by atoms with Gasteiger partial charge in [-0.2, -0.15) is 0 Å². The minimum atomic E-state index is -1.32. The standard InChI is InChI=1S/C12H19NO4/c1-8(14)10(12(16)17-2)11(15)13-9-6-4-3-5-7-9/h9-10H,3-7H2,1-2H3,(H,13,15). The van der Waals surface area contributed by atoms with Crippen molar-refractivity contribution in [3.05, 3.63) is 0 Å². The van der Waals surface area contributed by atoms with Crippen LogP contribution in [0.1, 0.15) is 39.0 Å². The maximum absolute atomic E-state index is 11.8. The lowest BCUT2D eigenvalue weighted by molar-refractivity contribution is -0.153. The summed E-state index contributed by atoms with van der Waals surface area (Å²) >= 11 is 0. The second kappa shape index (κ2) is 6.37. The van der Waals surface area contributed by atoms with Crippen molar-refractivity contribution in [3.63, 3.8) is 0 Å². The molecular weight excluding hydrogens is 222 g/mol. The number of amides is 1. The van der Waals surface area contributed by atoms with E-state index in [0.29, 0.717) is 0 Å². The van der Waals surface area contributed by atoms with Crippen molar-refractivity contribution in [2.24, 2.45) is 5.92 Å². The number of esters is 1. The number of ether oxygens (including phenoxy) is 1. The van der Waals surface area contributed by atoms with E-state index in [-0.39, 0.29) is 6.04 Å². The monoisotopic (exact) mass is 241 g/mol. The van der Waals surface area contributed by atoms with E-state index in [1.165, 1.54) is 20.5 Å². The van der Waals surface area contributed by atoms with Crippen molar-refractivity contribution in [2.45, 2.75) is 45.1 Å². The highest BCUT2D eigenvalue weighted by Gasteiger charge is 2.33. The van der Waals surface area contributed by atoms with Gasteiger partial charge in [0.05, 0.1) is 7.11 Å². The minimum absolute atomic E-state index is 0.0859. The quantitative estimate of drug-likeness (QED) is 0.584. The zero-order valence-electron chi connectivity index (χ0n) is 10.3. The Morgan fingerprint density at radius 3 is 2.24 bits per heavy atom. The maximum atomic E-state index is 11.8. The number of ketones is 1. The maximum Gasteiger partial charge on any atom is 0.325 e. The van der Waals surface area contributed by atoms with Gasteiger partial charge in [-0.05, 0) is 19.8 Å². The second-order valence-electron chi connectivity index (χ2n) is 4.41. The summed E-state index contributed by atoms with van der Waals surface area (Å²) in [4.78, 5) is 34.4. The average Bonchev–Trinajstić information content (AvgIpc) is 2.29. The van der Waals surface area contributed by atoms with Crippen molar-refractivity contribution in [3.8, 4) is 0 Å². The van der Waals surface area contributed by atoms with Crippen molar-refractivity contribution >= 4 is 17.7 Å². The first-order chi connectivity index (χ1) is 8.06. The number of rotatable bonds is 4. The fourth-order valence-electron chi connectivity index (χ4n) is 2.11. The molecule has 0 aromatic rings. The zero-order valence-corrected chi connectivity index (χ0v) is 10.3. The predicted molar refractivity (Wildman–Crippen MR) is 61.2 cm³/mol. The van der Waals surface area contributed by atoms with Crippen LogP contribution in [0.2, 0.25) is 0 Å². The Labute approximate surface area is 101 Å². The van der Waals surface area contributed by atoms with Gasteiger partial charge < -0.3 is 10.1 Å². The number of hydrogen-bond acceptors (Lipinski definition) is 4. The summed E-state index contributed by atoms with van der Waals surface area (Å²) in [5.41, 5.74) is 0. The molecule has 1 fully saturated rings. The third kappa shape index (κ3) is 3.84. The fraction of sp³-hybridized carbons (Fsp3) is 0.750. The highest BCUT2D eigenvalue weighted by molar-refractivity contribution is 6.15. The van der Waals surface area contributed by atoms with Gasteiger partial charge in [-0.15, -0.1) is 0 Å². The van der Waals surface area contributed by atoms with Crippen LogP contribution in [-0.2, 0) is 19.1 Å². The van der Waals surface area contributed by atoms with Crippen LogP contribution < -0.4 is 5.32 Å². The molecule has 0 radical (unpaired) electrons. The normalized spacial score (nSPS) is 18.2. The van der Waals surface area contributed by atoms with E-state index in [2.05, 4.69) is 10.1 Å². The lowest BCUT2D eigenvalue weighted by atomic mass is 9.94. The van der Waals surface area contributed by atoms with Crippen molar-refractivity contribution in [1.82, 2.24) is 5.32 Å². The Balaban J connectivity index is 2.58. The third-order valence-electron chi connectivity index (χ3n) is 3.06. The fourth-order valence-corrected chi connectivity index (χ4v) is 2.11. The van der Waals surface area contributed by atoms with E-state index in [1.54, 1.807) is 0 Å². The van der Waals surface area contributed by atoms with E-state index in [9.17, 15) is 14.4 Å². The minimum Gasteiger partial charge on any atom is -0.468 e. The molecule has 1 amide bonds. The molecule has 1 aliphatic rings. The number of hydrogen-bond donors (Lipinski definition) is 1. The molecule has 0 spiro atoms. The van der Waals surface area contributed by atoms with Gasteiger partial charge in [0.15, 0.2) is 11.7 Å². The van der Waals surface area contributed by atoms with Gasteiger partial charge >= 0.3 is 5.97 Å². The molecule has 96 valence electrons. The Bertz CT molecular complexity index is 308. The highest BCUT2D eigenvalue weighted by atomic mass is 16.5. The lowest BCUT2D eigenvalue weighted by Crippen LogP contribution is -2.45. The van der Waals surface area contributed by atoms with Crippen LogP contribution >= 0.6 is 0 Å². The SMILES string of the molecule is COC(=O)C(C(C)=O)C(=O)NC1CCCCC1. The Hall–Kier alpha value is -1.39. The zero-order chi connectivity index (χ0) is 12.8. The molecule has 1 N–H and O–H groups in total. The predicted octanol–water partition coefficient (Wildman–Crippen LogP) is 0.813. The van der Waals surface area contributed by atoms with E-state index < -0.39 is 23.6 Å². The first kappa shape index (κ1) is 13.7. The van der Waals surface area contributed by atoms with E-state index in [0.717, 1.165) is 25.7 Å². The summed E-state index contributed by atoms with van der Waals surface area (Å²) in [6, 6.07) is 0.0859. The van der Waals surface area contributed by atoms with Crippen LogP contribution in [-0.4, -0.2) is 30.8 Å². The van der Waals surface area contributed by atoms with Crippen LogP contribution in [0, 0.1) is 5.92 Å². The van der Waals surface area contributed by atoms with Gasteiger partial charge in [-0.3, -0.25) is 14.4 Å². The smallest absolute Gasteiger partial charge is 0.325 e. The largest absolute Gasteiger partial charge is 0.468 e. The van der Waals surface area contributed by atoms with Gasteiger partial charge in [0.1, 0.15) is 0 Å². The summed E-state index contributed by atoms with van der Waals surface area (Å²) in [5.74, 6) is -3.12. The summed E-state index contributed by atoms with van der Waals surface area (Å²) in [5, 5.41) is 2.75. The van der Waals surface area contributed by atoms with Crippen LogP contribution in [0.25, 0.3) is 0 Å². The molecule has 0 heterocycles. The Morgan fingerprint density at radius 2 is 1.76 bits per heavy atom. The molecule has 5 heteroatoms. The van der Waals surface area contributed by atoms with Gasteiger partial charge in [0.2, 0.25) is 5.91 Å². The van der Waals surface area contributed by atoms with Crippen molar-refractivity contribution in [1.29, 1.82) is 0 Å². The summed E-state index contributed by atoms with van der Waals surface area (Å²) in [6.07, 6.45) is 5.16. The van der Waals surface area contributed by atoms with Gasteiger partial charge in [0.25, 0.3) is 0 Å². The first-order valence-electron chi connectivity index (χ1n) is 5.95. The molecule has 1 unspecified atom stereocenters. The molecule has 0 aliphatic heterocycles. The van der Waals surface area contributed by atoms with Crippen molar-refractivity contribution in [2.75, 3.05) is 7.11 Å². The molecule has 1 rings (SSSR count). The summed E-state index contributed by atoms with van der Waals surface area (Å²) < 4.78 is 4.46. The topological polar surface area (TPSA) is 72.5 Å². The molecule has 0 aromatic carbocycles. The third-order valence-corrected chi connectivity index (χ3v) is 3.06. The van der Waals surface area contributed by atoms with Crippen molar-refractivity contribution < 1.29 is 19.1 Å². The molecule has 17 heavy (non-hydrogen) atoms. The van der Waals surface area contributed by atoms with Gasteiger partial charge in [0, 0.05) is 6.04 Å².